The summed E-state index contributed by atoms with van der Waals surface area (Å²) in [5.41, 5.74) is 0.813. The van der Waals surface area contributed by atoms with Gasteiger partial charge in [0, 0.05) is 17.2 Å². The fraction of sp³-hybridized carbons (Fsp3) is 0.300. The van der Waals surface area contributed by atoms with E-state index < -0.39 is 0 Å². The summed E-state index contributed by atoms with van der Waals surface area (Å²) in [6, 6.07) is 11.8. The van der Waals surface area contributed by atoms with Crippen molar-refractivity contribution >= 4 is 17.5 Å². The van der Waals surface area contributed by atoms with Crippen LogP contribution in [0, 0.1) is 0 Å². The van der Waals surface area contributed by atoms with E-state index in [1.807, 2.05) is 20.8 Å². The Balaban J connectivity index is 2.29. The molecule has 0 aliphatic carbocycles. The number of amides is 2. The Morgan fingerprint density at radius 1 is 0.885 bits per heavy atom. The predicted molar refractivity (Wildman–Crippen MR) is 101 cm³/mol. The van der Waals surface area contributed by atoms with Gasteiger partial charge in [0.05, 0.1) is 25.5 Å². The maximum absolute atomic E-state index is 12.7. The Kier molecular flexibility index (Phi) is 5.87. The van der Waals surface area contributed by atoms with Gasteiger partial charge in [0.2, 0.25) is 0 Å². The first kappa shape index (κ1) is 19.3. The lowest BCUT2D eigenvalue weighted by molar-refractivity contribution is 0.0920. The van der Waals surface area contributed by atoms with Crippen molar-refractivity contribution in [2.45, 2.75) is 26.3 Å². The number of ether oxygens (including phenoxy) is 2. The fourth-order valence-corrected chi connectivity index (χ4v) is 2.33. The normalized spacial score (nSPS) is 10.8. The fourth-order valence-electron chi connectivity index (χ4n) is 2.33. The molecule has 0 saturated heterocycles. The molecule has 0 heterocycles. The molecule has 2 amide bonds. The number of nitrogens with one attached hydrogen (secondary N) is 2. The number of para-hydroxylation sites is 1. The molecule has 0 saturated carbocycles. The smallest absolute Gasteiger partial charge is 0.255 e. The van der Waals surface area contributed by atoms with E-state index in [9.17, 15) is 9.59 Å². The first-order valence-electron chi connectivity index (χ1n) is 8.19. The van der Waals surface area contributed by atoms with Crippen LogP contribution in [-0.2, 0) is 0 Å². The maximum atomic E-state index is 12.7. The van der Waals surface area contributed by atoms with Crippen molar-refractivity contribution in [3.05, 3.63) is 53.6 Å². The summed E-state index contributed by atoms with van der Waals surface area (Å²) in [6.45, 7) is 5.69. The van der Waals surface area contributed by atoms with Crippen molar-refractivity contribution in [1.29, 1.82) is 0 Å². The number of hydrogen-bond acceptors (Lipinski definition) is 4. The summed E-state index contributed by atoms with van der Waals surface area (Å²) in [7, 11) is 3.03. The number of carbonyl (C=O) groups excluding carboxylic acids is 2. The van der Waals surface area contributed by atoms with E-state index >= 15 is 0 Å². The maximum Gasteiger partial charge on any atom is 0.255 e. The highest BCUT2D eigenvalue weighted by molar-refractivity contribution is 6.09. The summed E-state index contributed by atoms with van der Waals surface area (Å²) < 4.78 is 10.4. The van der Waals surface area contributed by atoms with Crippen molar-refractivity contribution in [2.75, 3.05) is 19.5 Å². The number of anilines is 1. The minimum absolute atomic E-state index is 0.253. The van der Waals surface area contributed by atoms with Crippen LogP contribution >= 0.6 is 0 Å². The molecule has 2 aromatic carbocycles. The van der Waals surface area contributed by atoms with E-state index in [1.165, 1.54) is 14.2 Å². The van der Waals surface area contributed by atoms with Crippen LogP contribution < -0.4 is 20.1 Å². The third-order valence-corrected chi connectivity index (χ3v) is 3.52. The summed E-state index contributed by atoms with van der Waals surface area (Å²) in [6.07, 6.45) is 0. The second kappa shape index (κ2) is 7.91. The van der Waals surface area contributed by atoms with Gasteiger partial charge in [-0.15, -0.1) is 0 Å². The van der Waals surface area contributed by atoms with Crippen molar-refractivity contribution in [3.63, 3.8) is 0 Å². The van der Waals surface area contributed by atoms with E-state index in [2.05, 4.69) is 10.6 Å². The largest absolute Gasteiger partial charge is 0.497 e. The zero-order chi connectivity index (χ0) is 19.3. The zero-order valence-corrected chi connectivity index (χ0v) is 15.7. The molecule has 6 nitrogen and oxygen atoms in total. The molecule has 0 unspecified atom stereocenters. The quantitative estimate of drug-likeness (QED) is 0.860. The molecule has 0 radical (unpaired) electrons. The molecular weight excluding hydrogens is 332 g/mol. The van der Waals surface area contributed by atoms with Crippen LogP contribution in [0.25, 0.3) is 0 Å². The van der Waals surface area contributed by atoms with Gasteiger partial charge < -0.3 is 20.1 Å². The Morgan fingerprint density at radius 3 is 2.00 bits per heavy atom. The Hall–Kier alpha value is -3.02. The van der Waals surface area contributed by atoms with Crippen LogP contribution in [0.15, 0.2) is 42.5 Å². The lowest BCUT2D eigenvalue weighted by atomic mass is 10.1. The van der Waals surface area contributed by atoms with E-state index in [-0.39, 0.29) is 17.4 Å². The molecule has 0 bridgehead atoms. The molecule has 2 rings (SSSR count). The van der Waals surface area contributed by atoms with Crippen molar-refractivity contribution in [3.8, 4) is 11.5 Å². The molecule has 138 valence electrons. The topological polar surface area (TPSA) is 76.7 Å². The molecule has 2 aromatic rings. The molecule has 0 aromatic heterocycles. The van der Waals surface area contributed by atoms with Gasteiger partial charge in [0.15, 0.2) is 0 Å². The van der Waals surface area contributed by atoms with Crippen molar-refractivity contribution in [1.82, 2.24) is 5.32 Å². The number of rotatable bonds is 5. The van der Waals surface area contributed by atoms with Crippen LogP contribution in [-0.4, -0.2) is 31.6 Å². The minimum atomic E-state index is -0.381. The van der Waals surface area contributed by atoms with E-state index in [1.54, 1.807) is 42.5 Å². The van der Waals surface area contributed by atoms with Gasteiger partial charge in [0.1, 0.15) is 11.5 Å². The lowest BCUT2D eigenvalue weighted by Gasteiger charge is -2.21. The van der Waals surface area contributed by atoms with Gasteiger partial charge in [-0.25, -0.2) is 0 Å². The number of benzene rings is 2. The van der Waals surface area contributed by atoms with Crippen LogP contribution in [0.3, 0.4) is 0 Å². The lowest BCUT2D eigenvalue weighted by Crippen LogP contribution is -2.40. The summed E-state index contributed by atoms with van der Waals surface area (Å²) in [5.74, 6) is 0.399. The number of methoxy groups -OCH3 is 2. The van der Waals surface area contributed by atoms with Crippen LogP contribution in [0.1, 0.15) is 41.5 Å². The SMILES string of the molecule is COc1cc(OC)cc(C(=O)Nc2ccccc2C(=O)NC(C)(C)C)c1. The molecule has 0 aliphatic heterocycles. The summed E-state index contributed by atoms with van der Waals surface area (Å²) in [4.78, 5) is 25.2. The molecular formula is C20H24N2O4. The van der Waals surface area contributed by atoms with Gasteiger partial charge in [0.25, 0.3) is 11.8 Å². The molecule has 0 spiro atoms. The standard InChI is InChI=1S/C20H24N2O4/c1-20(2,3)22-19(24)16-8-6-7-9-17(16)21-18(23)13-10-14(25-4)12-15(11-13)26-5/h6-12H,1-5H3,(H,21,23)(H,22,24). The summed E-state index contributed by atoms with van der Waals surface area (Å²) in [5, 5.41) is 5.68. The Morgan fingerprint density at radius 2 is 1.46 bits per heavy atom. The van der Waals surface area contributed by atoms with Crippen molar-refractivity contribution < 1.29 is 19.1 Å². The summed E-state index contributed by atoms with van der Waals surface area (Å²) >= 11 is 0. The van der Waals surface area contributed by atoms with E-state index in [4.69, 9.17) is 9.47 Å². The van der Waals surface area contributed by atoms with Crippen molar-refractivity contribution in [2.24, 2.45) is 0 Å². The molecule has 26 heavy (non-hydrogen) atoms. The molecule has 6 heteroatoms. The first-order valence-corrected chi connectivity index (χ1v) is 8.19. The molecule has 0 fully saturated rings. The van der Waals surface area contributed by atoms with Gasteiger partial charge in [-0.1, -0.05) is 12.1 Å². The third kappa shape index (κ3) is 4.99. The van der Waals surface area contributed by atoms with Crippen LogP contribution in [0.5, 0.6) is 11.5 Å². The molecule has 0 atom stereocenters. The highest BCUT2D eigenvalue weighted by atomic mass is 16.5. The van der Waals surface area contributed by atoms with E-state index in [0.717, 1.165) is 0 Å². The minimum Gasteiger partial charge on any atom is -0.497 e. The molecule has 2 N–H and O–H groups in total. The number of carbonyl (C=O) groups is 2. The third-order valence-electron chi connectivity index (χ3n) is 3.52. The van der Waals surface area contributed by atoms with Gasteiger partial charge >= 0.3 is 0 Å². The Bertz CT molecular complexity index is 787. The number of hydrogen-bond donors (Lipinski definition) is 2. The average molecular weight is 356 g/mol. The monoisotopic (exact) mass is 356 g/mol. The highest BCUT2D eigenvalue weighted by Gasteiger charge is 2.19. The van der Waals surface area contributed by atoms with Gasteiger partial charge in [-0.2, -0.15) is 0 Å². The molecule has 0 aliphatic rings. The van der Waals surface area contributed by atoms with Gasteiger partial charge in [-0.3, -0.25) is 9.59 Å². The van der Waals surface area contributed by atoms with Gasteiger partial charge in [-0.05, 0) is 45.0 Å². The predicted octanol–water partition coefficient (Wildman–Crippen LogP) is 3.48. The van der Waals surface area contributed by atoms with Crippen LogP contribution in [0.2, 0.25) is 0 Å². The average Bonchev–Trinajstić information content (AvgIpc) is 2.60. The second-order valence-corrected chi connectivity index (χ2v) is 6.81. The zero-order valence-electron chi connectivity index (χ0n) is 15.7. The van der Waals surface area contributed by atoms with E-state index in [0.29, 0.717) is 28.3 Å². The first-order chi connectivity index (χ1) is 12.2. The second-order valence-electron chi connectivity index (χ2n) is 6.81. The Labute approximate surface area is 153 Å². The highest BCUT2D eigenvalue weighted by Crippen LogP contribution is 2.24. The van der Waals surface area contributed by atoms with Crippen LogP contribution in [0.4, 0.5) is 5.69 Å².